The molecule has 3 rings (SSSR count). The van der Waals surface area contributed by atoms with Crippen LogP contribution in [0.15, 0.2) is 84.9 Å². The number of hydrogen-bond donors (Lipinski definition) is 3. The first-order chi connectivity index (χ1) is 16.9. The number of carboxylic acids is 1. The third-order valence-electron chi connectivity index (χ3n) is 5.29. The minimum Gasteiger partial charge on any atom is -0.497 e. The molecular formula is C27H28N2O6. The number of hydrogen-bond acceptors (Lipinski definition) is 5. The molecular weight excluding hydrogens is 448 g/mol. The van der Waals surface area contributed by atoms with Crippen LogP contribution in [0.2, 0.25) is 0 Å². The average Bonchev–Trinajstić information content (AvgIpc) is 2.88. The lowest BCUT2D eigenvalue weighted by molar-refractivity contribution is -0.142. The first-order valence-corrected chi connectivity index (χ1v) is 11.1. The van der Waals surface area contributed by atoms with Gasteiger partial charge in [-0.1, -0.05) is 72.8 Å². The molecule has 3 aromatic rings. The standard InChI is InChI=1S/C27H28N2O6/c1-34-22-14-8-13-21(15-22)17-24(26(31)32)28-25(30)23(16-19-9-4-2-5-10-19)29-27(33)35-18-20-11-6-3-7-12-20/h2-15,23-24H,16-18H2,1H3,(H,28,30)(H,29,33)(H,31,32)/t23-,24+/m1/s1. The second-order valence-electron chi connectivity index (χ2n) is 7.90. The van der Waals surface area contributed by atoms with E-state index in [1.165, 1.54) is 7.11 Å². The van der Waals surface area contributed by atoms with Crippen molar-refractivity contribution in [2.75, 3.05) is 7.11 Å². The summed E-state index contributed by atoms with van der Waals surface area (Å²) in [4.78, 5) is 37.5. The van der Waals surface area contributed by atoms with Crippen LogP contribution in [0.5, 0.6) is 5.75 Å². The Hall–Kier alpha value is -4.33. The molecule has 0 aliphatic carbocycles. The monoisotopic (exact) mass is 476 g/mol. The van der Waals surface area contributed by atoms with Crippen LogP contribution in [0.4, 0.5) is 4.79 Å². The van der Waals surface area contributed by atoms with Crippen LogP contribution in [0.3, 0.4) is 0 Å². The van der Waals surface area contributed by atoms with Gasteiger partial charge in [-0.05, 0) is 28.8 Å². The first kappa shape index (κ1) is 25.3. The molecule has 0 saturated heterocycles. The number of amides is 2. The van der Waals surface area contributed by atoms with Crippen LogP contribution in [0.25, 0.3) is 0 Å². The highest BCUT2D eigenvalue weighted by Gasteiger charge is 2.27. The fourth-order valence-electron chi connectivity index (χ4n) is 3.47. The molecule has 8 nitrogen and oxygen atoms in total. The first-order valence-electron chi connectivity index (χ1n) is 11.1. The largest absolute Gasteiger partial charge is 0.497 e. The minimum absolute atomic E-state index is 0.0416. The molecule has 2 atom stereocenters. The molecule has 3 aromatic carbocycles. The van der Waals surface area contributed by atoms with Crippen molar-refractivity contribution in [2.45, 2.75) is 31.5 Å². The normalized spacial score (nSPS) is 12.1. The minimum atomic E-state index is -1.20. The number of carboxylic acid groups (broad SMARTS) is 1. The van der Waals surface area contributed by atoms with Gasteiger partial charge in [-0.3, -0.25) is 4.79 Å². The van der Waals surface area contributed by atoms with Crippen molar-refractivity contribution in [3.63, 3.8) is 0 Å². The maximum absolute atomic E-state index is 13.1. The van der Waals surface area contributed by atoms with E-state index in [-0.39, 0.29) is 19.4 Å². The molecule has 0 fully saturated rings. The van der Waals surface area contributed by atoms with E-state index in [9.17, 15) is 19.5 Å². The second kappa shape index (κ2) is 12.8. The van der Waals surface area contributed by atoms with Crippen molar-refractivity contribution in [1.29, 1.82) is 0 Å². The van der Waals surface area contributed by atoms with E-state index in [0.29, 0.717) is 11.3 Å². The Morgan fingerprint density at radius 2 is 1.37 bits per heavy atom. The van der Waals surface area contributed by atoms with E-state index in [0.717, 1.165) is 11.1 Å². The van der Waals surface area contributed by atoms with Gasteiger partial charge in [0.05, 0.1) is 7.11 Å². The van der Waals surface area contributed by atoms with Crippen LogP contribution >= 0.6 is 0 Å². The molecule has 0 bridgehead atoms. The maximum Gasteiger partial charge on any atom is 0.408 e. The SMILES string of the molecule is COc1cccc(C[C@H](NC(=O)[C@@H](Cc2ccccc2)NC(=O)OCc2ccccc2)C(=O)O)c1. The maximum atomic E-state index is 13.1. The molecule has 0 unspecified atom stereocenters. The predicted molar refractivity (Wildman–Crippen MR) is 130 cm³/mol. The van der Waals surface area contributed by atoms with Gasteiger partial charge < -0.3 is 25.2 Å². The Morgan fingerprint density at radius 1 is 0.771 bits per heavy atom. The molecule has 0 radical (unpaired) electrons. The van der Waals surface area contributed by atoms with E-state index in [2.05, 4.69) is 10.6 Å². The highest BCUT2D eigenvalue weighted by molar-refractivity contribution is 5.89. The summed E-state index contributed by atoms with van der Waals surface area (Å²) in [5, 5.41) is 14.8. The molecule has 0 spiro atoms. The molecule has 0 aliphatic heterocycles. The number of ether oxygens (including phenoxy) is 2. The zero-order valence-corrected chi connectivity index (χ0v) is 19.3. The van der Waals surface area contributed by atoms with Gasteiger partial charge in [0, 0.05) is 12.8 Å². The second-order valence-corrected chi connectivity index (χ2v) is 7.90. The molecule has 0 heterocycles. The number of carbonyl (C=O) groups excluding carboxylic acids is 2. The van der Waals surface area contributed by atoms with Crippen molar-refractivity contribution in [1.82, 2.24) is 10.6 Å². The summed E-state index contributed by atoms with van der Waals surface area (Å²) in [6.45, 7) is 0.0416. The molecule has 3 N–H and O–H groups in total. The summed E-state index contributed by atoms with van der Waals surface area (Å²) in [5.41, 5.74) is 2.29. The van der Waals surface area contributed by atoms with Gasteiger partial charge in [0.1, 0.15) is 24.4 Å². The number of rotatable bonds is 11. The zero-order valence-electron chi connectivity index (χ0n) is 19.3. The van der Waals surface area contributed by atoms with Gasteiger partial charge in [0.2, 0.25) is 5.91 Å². The van der Waals surface area contributed by atoms with Gasteiger partial charge in [-0.25, -0.2) is 9.59 Å². The summed E-state index contributed by atoms with van der Waals surface area (Å²) in [6.07, 6.45) is -0.558. The number of benzene rings is 3. The predicted octanol–water partition coefficient (Wildman–Crippen LogP) is 3.34. The lowest BCUT2D eigenvalue weighted by Gasteiger charge is -2.22. The quantitative estimate of drug-likeness (QED) is 0.391. The number of alkyl carbamates (subject to hydrolysis) is 1. The van der Waals surface area contributed by atoms with E-state index >= 15 is 0 Å². The van der Waals surface area contributed by atoms with E-state index in [4.69, 9.17) is 9.47 Å². The van der Waals surface area contributed by atoms with Gasteiger partial charge in [-0.2, -0.15) is 0 Å². The van der Waals surface area contributed by atoms with Crippen molar-refractivity contribution in [3.05, 3.63) is 102 Å². The van der Waals surface area contributed by atoms with Crippen LogP contribution in [-0.4, -0.2) is 42.3 Å². The third-order valence-corrected chi connectivity index (χ3v) is 5.29. The summed E-state index contributed by atoms with van der Waals surface area (Å²) >= 11 is 0. The van der Waals surface area contributed by atoms with E-state index in [1.807, 2.05) is 60.7 Å². The summed E-state index contributed by atoms with van der Waals surface area (Å²) in [7, 11) is 1.52. The van der Waals surface area contributed by atoms with E-state index in [1.54, 1.807) is 24.3 Å². The molecule has 0 aromatic heterocycles. The third kappa shape index (κ3) is 8.19. The van der Waals surface area contributed by atoms with E-state index < -0.39 is 30.1 Å². The van der Waals surface area contributed by atoms with Gasteiger partial charge in [0.25, 0.3) is 0 Å². The molecule has 2 amide bonds. The molecule has 8 heteroatoms. The number of carbonyl (C=O) groups is 3. The fraction of sp³-hybridized carbons (Fsp3) is 0.222. The highest BCUT2D eigenvalue weighted by atomic mass is 16.5. The number of nitrogens with one attached hydrogen (secondary N) is 2. The van der Waals surface area contributed by atoms with Crippen LogP contribution in [0, 0.1) is 0 Å². The number of aliphatic carboxylic acids is 1. The Kier molecular flexibility index (Phi) is 9.24. The van der Waals surface area contributed by atoms with Crippen molar-refractivity contribution < 1.29 is 29.0 Å². The topological polar surface area (TPSA) is 114 Å². The smallest absolute Gasteiger partial charge is 0.408 e. The van der Waals surface area contributed by atoms with Crippen molar-refractivity contribution in [3.8, 4) is 5.75 Å². The Morgan fingerprint density at radius 3 is 2.00 bits per heavy atom. The fourth-order valence-corrected chi connectivity index (χ4v) is 3.47. The Labute approximate surface area is 203 Å². The molecule has 182 valence electrons. The van der Waals surface area contributed by atoms with Crippen LogP contribution < -0.4 is 15.4 Å². The van der Waals surface area contributed by atoms with Crippen molar-refractivity contribution in [2.24, 2.45) is 0 Å². The summed E-state index contributed by atoms with van der Waals surface area (Å²) in [5.74, 6) is -1.23. The molecule has 35 heavy (non-hydrogen) atoms. The Balaban J connectivity index is 1.69. The zero-order chi connectivity index (χ0) is 25.0. The lowest BCUT2D eigenvalue weighted by Crippen LogP contribution is -2.53. The molecule has 0 aliphatic rings. The van der Waals surface area contributed by atoms with Crippen LogP contribution in [-0.2, 0) is 33.8 Å². The molecule has 0 saturated carbocycles. The van der Waals surface area contributed by atoms with Gasteiger partial charge in [0.15, 0.2) is 0 Å². The van der Waals surface area contributed by atoms with Crippen molar-refractivity contribution >= 4 is 18.0 Å². The summed E-state index contributed by atoms with van der Waals surface area (Å²) in [6, 6.07) is 23.0. The average molecular weight is 477 g/mol. The van der Waals surface area contributed by atoms with Gasteiger partial charge in [-0.15, -0.1) is 0 Å². The number of methoxy groups -OCH3 is 1. The lowest BCUT2D eigenvalue weighted by atomic mass is 10.0. The van der Waals surface area contributed by atoms with Gasteiger partial charge >= 0.3 is 12.1 Å². The van der Waals surface area contributed by atoms with Crippen LogP contribution in [0.1, 0.15) is 16.7 Å². The highest BCUT2D eigenvalue weighted by Crippen LogP contribution is 2.14. The Bertz CT molecular complexity index is 1120. The summed E-state index contributed by atoms with van der Waals surface area (Å²) < 4.78 is 10.4.